The Hall–Kier alpha value is -0.920. The van der Waals surface area contributed by atoms with E-state index in [-0.39, 0.29) is 5.25 Å². The molecule has 0 spiro atoms. The maximum absolute atomic E-state index is 12.1. The van der Waals surface area contributed by atoms with Gasteiger partial charge in [0.2, 0.25) is 5.13 Å². The van der Waals surface area contributed by atoms with E-state index in [1.165, 1.54) is 11.3 Å². The van der Waals surface area contributed by atoms with Crippen LogP contribution in [0.2, 0.25) is 0 Å². The zero-order chi connectivity index (χ0) is 15.4. The molecule has 1 saturated carbocycles. The molecule has 1 fully saturated rings. The quantitative estimate of drug-likeness (QED) is 0.732. The largest absolute Gasteiger partial charge is 0.330 e. The number of hydrogen-bond donors (Lipinski definition) is 1. The highest BCUT2D eigenvalue weighted by Gasteiger charge is 2.23. The number of carbonyl (C=O) groups excluding carboxylic acids is 1. The van der Waals surface area contributed by atoms with Crippen molar-refractivity contribution < 1.29 is 4.79 Å². The van der Waals surface area contributed by atoms with Gasteiger partial charge in [-0.2, -0.15) is 0 Å². The van der Waals surface area contributed by atoms with E-state index in [2.05, 4.69) is 31.4 Å². The zero-order valence-electron chi connectivity index (χ0n) is 11.9. The fourth-order valence-electron chi connectivity index (χ4n) is 2.37. The summed E-state index contributed by atoms with van der Waals surface area (Å²) >= 11 is 6.51. The minimum absolute atomic E-state index is 0.0502. The minimum atomic E-state index is 0.0502. The van der Waals surface area contributed by atoms with Gasteiger partial charge in [-0.1, -0.05) is 57.9 Å². The van der Waals surface area contributed by atoms with Crippen molar-refractivity contribution in [1.29, 1.82) is 0 Å². The highest BCUT2D eigenvalue weighted by Crippen LogP contribution is 2.34. The number of rotatable bonds is 4. The third-order valence-corrected chi connectivity index (χ3v) is 6.21. The predicted octanol–water partition coefficient (Wildman–Crippen LogP) is 5.04. The molecule has 4 nitrogen and oxygen atoms in total. The first-order valence-electron chi connectivity index (χ1n) is 7.26. The Morgan fingerprint density at radius 1 is 1.27 bits per heavy atom. The van der Waals surface area contributed by atoms with Crippen LogP contribution in [0.1, 0.15) is 32.1 Å². The predicted molar refractivity (Wildman–Crippen MR) is 95.1 cm³/mol. The number of halogens is 1. The molecule has 116 valence electrons. The van der Waals surface area contributed by atoms with Crippen LogP contribution in [0.25, 0.3) is 0 Å². The smallest absolute Gasteiger partial charge is 0.210 e. The zero-order valence-corrected chi connectivity index (χ0v) is 15.1. The molecular formula is C15H16BrN3OS2. The second-order valence-electron chi connectivity index (χ2n) is 5.18. The summed E-state index contributed by atoms with van der Waals surface area (Å²) in [5.74, 6) is 0.360. The lowest BCUT2D eigenvalue weighted by molar-refractivity contribution is -0.118. The first kappa shape index (κ1) is 16.0. The van der Waals surface area contributed by atoms with Crippen LogP contribution in [0.15, 0.2) is 33.1 Å². The molecule has 0 saturated heterocycles. The lowest BCUT2D eigenvalue weighted by atomic mass is 10.2. The standard InChI is InChI=1S/C15H16BrN3OS2/c16-10-5-4-6-11(9-10)17-14-18-19-15(22-14)21-13-8-3-1-2-7-12(13)20/h4-6,9,13H,1-3,7-8H2,(H,17,18)/t13-/m1/s1. The van der Waals surface area contributed by atoms with Crippen LogP contribution in [-0.2, 0) is 4.79 Å². The SMILES string of the molecule is O=C1CCCCC[C@H]1Sc1nnc(Nc2cccc(Br)c2)s1. The summed E-state index contributed by atoms with van der Waals surface area (Å²) in [7, 11) is 0. The number of anilines is 2. The molecule has 2 aromatic rings. The Kier molecular flexibility index (Phi) is 5.49. The van der Waals surface area contributed by atoms with Gasteiger partial charge in [-0.15, -0.1) is 10.2 Å². The van der Waals surface area contributed by atoms with Crippen molar-refractivity contribution in [2.45, 2.75) is 41.7 Å². The van der Waals surface area contributed by atoms with Gasteiger partial charge in [0.25, 0.3) is 0 Å². The second-order valence-corrected chi connectivity index (χ2v) is 8.52. The van der Waals surface area contributed by atoms with Crippen LogP contribution < -0.4 is 5.32 Å². The molecule has 0 bridgehead atoms. The molecule has 0 radical (unpaired) electrons. The monoisotopic (exact) mass is 397 g/mol. The van der Waals surface area contributed by atoms with Crippen LogP contribution in [0.4, 0.5) is 10.8 Å². The number of ketones is 1. The summed E-state index contributed by atoms with van der Waals surface area (Å²) in [6.07, 6.45) is 4.98. The molecule has 1 N–H and O–H groups in total. The van der Waals surface area contributed by atoms with Crippen molar-refractivity contribution in [3.05, 3.63) is 28.7 Å². The Morgan fingerprint density at radius 3 is 3.05 bits per heavy atom. The summed E-state index contributed by atoms with van der Waals surface area (Å²) in [6, 6.07) is 7.91. The van der Waals surface area contributed by atoms with E-state index in [4.69, 9.17) is 0 Å². The number of aromatic nitrogens is 2. The third kappa shape index (κ3) is 4.30. The number of benzene rings is 1. The summed E-state index contributed by atoms with van der Waals surface area (Å²) in [6.45, 7) is 0. The summed E-state index contributed by atoms with van der Waals surface area (Å²) in [5.41, 5.74) is 0.965. The van der Waals surface area contributed by atoms with Crippen LogP contribution in [-0.4, -0.2) is 21.2 Å². The molecule has 1 atom stereocenters. The molecule has 0 aliphatic heterocycles. The molecule has 1 aromatic carbocycles. The van der Waals surface area contributed by atoms with E-state index in [1.54, 1.807) is 11.8 Å². The lowest BCUT2D eigenvalue weighted by Gasteiger charge is -2.09. The topological polar surface area (TPSA) is 54.9 Å². The fourth-order valence-corrected chi connectivity index (χ4v) is 4.91. The van der Waals surface area contributed by atoms with Gasteiger partial charge in [-0.05, 0) is 31.0 Å². The highest BCUT2D eigenvalue weighted by atomic mass is 79.9. The Bertz CT molecular complexity index is 662. The fraction of sp³-hybridized carbons (Fsp3) is 0.400. The van der Waals surface area contributed by atoms with Crippen molar-refractivity contribution in [2.75, 3.05) is 5.32 Å². The van der Waals surface area contributed by atoms with Crippen molar-refractivity contribution in [2.24, 2.45) is 0 Å². The van der Waals surface area contributed by atoms with Crippen LogP contribution >= 0.6 is 39.0 Å². The molecule has 1 aromatic heterocycles. The van der Waals surface area contributed by atoms with Crippen LogP contribution in [0.3, 0.4) is 0 Å². The van der Waals surface area contributed by atoms with Crippen molar-refractivity contribution in [3.63, 3.8) is 0 Å². The molecule has 7 heteroatoms. The number of hydrogen-bond acceptors (Lipinski definition) is 6. The van der Waals surface area contributed by atoms with Gasteiger partial charge < -0.3 is 5.32 Å². The van der Waals surface area contributed by atoms with E-state index in [0.717, 1.165) is 45.3 Å². The summed E-state index contributed by atoms with van der Waals surface area (Å²) in [4.78, 5) is 12.1. The summed E-state index contributed by atoms with van der Waals surface area (Å²) < 4.78 is 1.87. The van der Waals surface area contributed by atoms with E-state index < -0.39 is 0 Å². The minimum Gasteiger partial charge on any atom is -0.330 e. The van der Waals surface area contributed by atoms with Gasteiger partial charge in [0, 0.05) is 16.6 Å². The molecule has 1 aliphatic rings. The molecular weight excluding hydrogens is 382 g/mol. The first-order chi connectivity index (χ1) is 10.7. The first-order valence-corrected chi connectivity index (χ1v) is 9.75. The number of nitrogens with one attached hydrogen (secondary N) is 1. The average Bonchev–Trinajstić information content (AvgIpc) is 2.82. The number of carbonyl (C=O) groups is 1. The van der Waals surface area contributed by atoms with Crippen LogP contribution in [0, 0.1) is 0 Å². The van der Waals surface area contributed by atoms with Crippen molar-refractivity contribution in [1.82, 2.24) is 10.2 Å². The van der Waals surface area contributed by atoms with Gasteiger partial charge in [-0.25, -0.2) is 0 Å². The molecule has 3 rings (SSSR count). The van der Waals surface area contributed by atoms with E-state index >= 15 is 0 Å². The Labute approximate surface area is 146 Å². The lowest BCUT2D eigenvalue weighted by Crippen LogP contribution is -2.14. The second kappa shape index (κ2) is 7.57. The van der Waals surface area contributed by atoms with Gasteiger partial charge in [0.1, 0.15) is 5.78 Å². The van der Waals surface area contributed by atoms with E-state index in [9.17, 15) is 4.79 Å². The average molecular weight is 398 g/mol. The normalized spacial score (nSPS) is 19.0. The Morgan fingerprint density at radius 2 is 2.18 bits per heavy atom. The maximum atomic E-state index is 12.1. The van der Waals surface area contributed by atoms with Crippen molar-refractivity contribution >= 4 is 55.6 Å². The van der Waals surface area contributed by atoms with Crippen molar-refractivity contribution in [3.8, 4) is 0 Å². The molecule has 0 unspecified atom stereocenters. The van der Waals surface area contributed by atoms with Gasteiger partial charge in [-0.3, -0.25) is 4.79 Å². The summed E-state index contributed by atoms with van der Waals surface area (Å²) in [5, 5.41) is 12.4. The number of nitrogens with zero attached hydrogens (tertiary/aromatic N) is 2. The molecule has 1 aliphatic carbocycles. The van der Waals surface area contributed by atoms with Crippen LogP contribution in [0.5, 0.6) is 0 Å². The maximum Gasteiger partial charge on any atom is 0.210 e. The number of thioether (sulfide) groups is 1. The van der Waals surface area contributed by atoms with Gasteiger partial charge in [0.15, 0.2) is 4.34 Å². The molecule has 1 heterocycles. The van der Waals surface area contributed by atoms with E-state index in [0.29, 0.717) is 12.2 Å². The molecule has 22 heavy (non-hydrogen) atoms. The third-order valence-electron chi connectivity index (χ3n) is 3.47. The van der Waals surface area contributed by atoms with Gasteiger partial charge in [0.05, 0.1) is 5.25 Å². The number of Topliss-reactive ketones (excluding diaryl/α,β-unsaturated/α-hetero) is 1. The van der Waals surface area contributed by atoms with E-state index in [1.807, 2.05) is 24.3 Å². The highest BCUT2D eigenvalue weighted by molar-refractivity contribution is 9.10. The Balaban J connectivity index is 1.64. The van der Waals surface area contributed by atoms with Gasteiger partial charge >= 0.3 is 0 Å². The molecule has 0 amide bonds.